The molecular weight excluding hydrogens is 370 g/mol. The summed E-state index contributed by atoms with van der Waals surface area (Å²) in [6, 6.07) is 7.62. The maximum absolute atomic E-state index is 12.9. The molecule has 1 heterocycles. The third-order valence-electron chi connectivity index (χ3n) is 5.10. The highest BCUT2D eigenvalue weighted by Crippen LogP contribution is 2.42. The number of Topliss-reactive ketones (excluding diaryl/α,β-unsaturated/α-hetero) is 1. The lowest BCUT2D eigenvalue weighted by Crippen LogP contribution is -2.34. The van der Waals surface area contributed by atoms with Crippen molar-refractivity contribution in [3.05, 3.63) is 52.4 Å². The Morgan fingerprint density at radius 2 is 1.90 bits per heavy atom. The average Bonchev–Trinajstić information content (AvgIpc) is 2.67. The predicted octanol–water partition coefficient (Wildman–Crippen LogP) is 3.63. The number of dihydropyridines is 1. The quantitative estimate of drug-likeness (QED) is 0.558. The molecule has 6 nitrogen and oxygen atoms in total. The Morgan fingerprint density at radius 1 is 1.17 bits per heavy atom. The van der Waals surface area contributed by atoms with Crippen molar-refractivity contribution in [1.29, 1.82) is 0 Å². The van der Waals surface area contributed by atoms with E-state index in [0.29, 0.717) is 24.2 Å². The second-order valence-electron chi connectivity index (χ2n) is 7.63. The number of carbonyl (C=O) groups excluding carboxylic acids is 2. The van der Waals surface area contributed by atoms with Crippen LogP contribution < -0.4 is 10.1 Å². The van der Waals surface area contributed by atoms with Crippen molar-refractivity contribution in [3.8, 4) is 5.75 Å². The van der Waals surface area contributed by atoms with E-state index >= 15 is 0 Å². The van der Waals surface area contributed by atoms with Gasteiger partial charge in [0.05, 0.1) is 18.3 Å². The highest BCUT2D eigenvalue weighted by atomic mass is 16.6. The molecule has 156 valence electrons. The van der Waals surface area contributed by atoms with Crippen molar-refractivity contribution in [2.45, 2.75) is 52.1 Å². The lowest BCUT2D eigenvalue weighted by molar-refractivity contribution is -0.140. The van der Waals surface area contributed by atoms with Gasteiger partial charge in [0.1, 0.15) is 12.4 Å². The molecule has 1 N–H and O–H groups in total. The van der Waals surface area contributed by atoms with E-state index < -0.39 is 11.9 Å². The monoisotopic (exact) mass is 399 g/mol. The summed E-state index contributed by atoms with van der Waals surface area (Å²) in [6.07, 6.45) is 2.19. The van der Waals surface area contributed by atoms with Crippen LogP contribution in [0.5, 0.6) is 5.75 Å². The van der Waals surface area contributed by atoms with E-state index in [1.807, 2.05) is 45.0 Å². The molecule has 0 radical (unpaired) electrons. The first-order chi connectivity index (χ1) is 13.9. The molecule has 0 saturated carbocycles. The number of hydrogen-bond acceptors (Lipinski definition) is 6. The van der Waals surface area contributed by atoms with Crippen LogP contribution in [0, 0.1) is 0 Å². The molecule has 6 heteroatoms. The van der Waals surface area contributed by atoms with Gasteiger partial charge in [0, 0.05) is 36.4 Å². The van der Waals surface area contributed by atoms with Gasteiger partial charge in [0.15, 0.2) is 5.78 Å². The van der Waals surface area contributed by atoms with Crippen molar-refractivity contribution in [2.24, 2.45) is 0 Å². The maximum Gasteiger partial charge on any atom is 0.336 e. The standard InChI is InChI=1S/C23H29NO5/c1-14(2)29-17-10-8-16(9-11-17)21-20(23(26)28-13-12-27-4)15(3)24-18-6-5-7-19(25)22(18)21/h8-11,14,21,24H,5-7,12-13H2,1-4H3. The molecule has 0 aromatic heterocycles. The number of allylic oxidation sites excluding steroid dienone is 3. The van der Waals surface area contributed by atoms with Gasteiger partial charge < -0.3 is 19.5 Å². The molecule has 0 spiro atoms. The number of hydrogen-bond donors (Lipinski definition) is 1. The third-order valence-corrected chi connectivity index (χ3v) is 5.10. The Bertz CT molecular complexity index is 835. The first-order valence-corrected chi connectivity index (χ1v) is 10.1. The van der Waals surface area contributed by atoms with Crippen LogP contribution in [-0.4, -0.2) is 38.2 Å². The second-order valence-corrected chi connectivity index (χ2v) is 7.63. The van der Waals surface area contributed by atoms with Gasteiger partial charge in [0.25, 0.3) is 0 Å². The molecule has 1 aliphatic heterocycles. The Morgan fingerprint density at radius 3 is 2.55 bits per heavy atom. The Labute approximate surface area is 171 Å². The summed E-state index contributed by atoms with van der Waals surface area (Å²) in [5.74, 6) is -0.0283. The van der Waals surface area contributed by atoms with Crippen molar-refractivity contribution in [3.63, 3.8) is 0 Å². The molecule has 0 fully saturated rings. The zero-order valence-corrected chi connectivity index (χ0v) is 17.5. The predicted molar refractivity (Wildman–Crippen MR) is 110 cm³/mol. The van der Waals surface area contributed by atoms with Gasteiger partial charge in [-0.25, -0.2) is 4.79 Å². The SMILES string of the molecule is COCCOC(=O)C1=C(C)NC2=C(C(=O)CCC2)C1c1ccc(OC(C)C)cc1. The van der Waals surface area contributed by atoms with E-state index in [4.69, 9.17) is 14.2 Å². The number of carbonyl (C=O) groups is 2. The number of ketones is 1. The van der Waals surface area contributed by atoms with Gasteiger partial charge in [0.2, 0.25) is 0 Å². The van der Waals surface area contributed by atoms with Gasteiger partial charge in [-0.3, -0.25) is 4.79 Å². The summed E-state index contributed by atoms with van der Waals surface area (Å²) in [7, 11) is 1.56. The smallest absolute Gasteiger partial charge is 0.336 e. The Balaban J connectivity index is 2.00. The summed E-state index contributed by atoms with van der Waals surface area (Å²) >= 11 is 0. The van der Waals surface area contributed by atoms with E-state index in [-0.39, 0.29) is 18.5 Å². The summed E-state index contributed by atoms with van der Waals surface area (Å²) in [5.41, 5.74) is 3.68. The Kier molecular flexibility index (Phi) is 6.75. The van der Waals surface area contributed by atoms with E-state index in [9.17, 15) is 9.59 Å². The summed E-state index contributed by atoms with van der Waals surface area (Å²) in [4.78, 5) is 25.8. The van der Waals surface area contributed by atoms with Crippen LogP contribution >= 0.6 is 0 Å². The maximum atomic E-state index is 12.9. The minimum absolute atomic E-state index is 0.0717. The molecule has 0 saturated heterocycles. The first kappa shape index (κ1) is 21.1. The zero-order valence-electron chi connectivity index (χ0n) is 17.5. The normalized spacial score (nSPS) is 19.2. The largest absolute Gasteiger partial charge is 0.491 e. The third kappa shape index (κ3) is 4.70. The topological polar surface area (TPSA) is 73.9 Å². The average molecular weight is 399 g/mol. The van der Waals surface area contributed by atoms with Crippen LogP contribution in [0.25, 0.3) is 0 Å². The van der Waals surface area contributed by atoms with Gasteiger partial charge in [-0.05, 0) is 51.3 Å². The van der Waals surface area contributed by atoms with E-state index in [2.05, 4.69) is 5.32 Å². The van der Waals surface area contributed by atoms with Gasteiger partial charge in [-0.2, -0.15) is 0 Å². The van der Waals surface area contributed by atoms with Crippen LogP contribution in [0.3, 0.4) is 0 Å². The number of methoxy groups -OCH3 is 1. The molecule has 0 amide bonds. The van der Waals surface area contributed by atoms with Crippen molar-refractivity contribution in [2.75, 3.05) is 20.3 Å². The van der Waals surface area contributed by atoms with Crippen molar-refractivity contribution in [1.82, 2.24) is 5.32 Å². The number of benzene rings is 1. The molecule has 2 aliphatic rings. The molecule has 1 unspecified atom stereocenters. The zero-order chi connectivity index (χ0) is 21.0. The fraction of sp³-hybridized carbons (Fsp3) is 0.478. The molecular formula is C23H29NO5. The number of ether oxygens (including phenoxy) is 3. The fourth-order valence-corrected chi connectivity index (χ4v) is 3.89. The fourth-order valence-electron chi connectivity index (χ4n) is 3.89. The van der Waals surface area contributed by atoms with Gasteiger partial charge in [-0.15, -0.1) is 0 Å². The Hall–Kier alpha value is -2.60. The van der Waals surface area contributed by atoms with Crippen molar-refractivity contribution < 1.29 is 23.8 Å². The first-order valence-electron chi connectivity index (χ1n) is 10.1. The molecule has 1 aromatic rings. The minimum Gasteiger partial charge on any atom is -0.491 e. The second kappa shape index (κ2) is 9.27. The lowest BCUT2D eigenvalue weighted by atomic mass is 9.75. The molecule has 0 bridgehead atoms. The molecule has 3 rings (SSSR count). The summed E-state index contributed by atoms with van der Waals surface area (Å²) in [5, 5.41) is 3.29. The van der Waals surface area contributed by atoms with E-state index in [1.165, 1.54) is 0 Å². The number of nitrogens with one attached hydrogen (secondary N) is 1. The minimum atomic E-state index is -0.442. The van der Waals surface area contributed by atoms with Crippen LogP contribution in [0.4, 0.5) is 0 Å². The summed E-state index contributed by atoms with van der Waals surface area (Å²) < 4.78 is 16.1. The lowest BCUT2D eigenvalue weighted by Gasteiger charge is -2.34. The van der Waals surface area contributed by atoms with E-state index in [0.717, 1.165) is 35.5 Å². The van der Waals surface area contributed by atoms with E-state index in [1.54, 1.807) is 7.11 Å². The number of rotatable bonds is 7. The highest BCUT2D eigenvalue weighted by Gasteiger charge is 2.39. The van der Waals surface area contributed by atoms with Crippen molar-refractivity contribution >= 4 is 11.8 Å². The molecule has 29 heavy (non-hydrogen) atoms. The van der Waals surface area contributed by atoms with Gasteiger partial charge >= 0.3 is 5.97 Å². The summed E-state index contributed by atoms with van der Waals surface area (Å²) in [6.45, 7) is 6.29. The highest BCUT2D eigenvalue weighted by molar-refractivity contribution is 6.03. The van der Waals surface area contributed by atoms with Crippen LogP contribution in [0.2, 0.25) is 0 Å². The van der Waals surface area contributed by atoms with Crippen LogP contribution in [-0.2, 0) is 19.1 Å². The van der Waals surface area contributed by atoms with Crippen LogP contribution in [0.15, 0.2) is 46.8 Å². The number of esters is 1. The molecule has 1 atom stereocenters. The molecule has 1 aliphatic carbocycles. The van der Waals surface area contributed by atoms with Gasteiger partial charge in [-0.1, -0.05) is 12.1 Å². The van der Waals surface area contributed by atoms with Crippen LogP contribution in [0.1, 0.15) is 51.5 Å². The molecule has 1 aromatic carbocycles.